The zero-order chi connectivity index (χ0) is 13.8. The van der Waals surface area contributed by atoms with E-state index in [0.717, 1.165) is 38.2 Å². The first-order chi connectivity index (χ1) is 9.10. The van der Waals surface area contributed by atoms with E-state index in [2.05, 4.69) is 48.2 Å². The van der Waals surface area contributed by atoms with Crippen LogP contribution in [0.1, 0.15) is 11.3 Å². The molecule has 2 rings (SSSR count). The van der Waals surface area contributed by atoms with Gasteiger partial charge in [-0.25, -0.2) is 0 Å². The fourth-order valence-corrected chi connectivity index (χ4v) is 2.92. The van der Waals surface area contributed by atoms with Gasteiger partial charge in [0.05, 0.1) is 17.3 Å². The molecular formula is C14H14Br2N2O. The second kappa shape index (κ2) is 6.39. The molecule has 0 saturated carbocycles. The first-order valence-electron chi connectivity index (χ1n) is 5.78. The van der Waals surface area contributed by atoms with Crippen molar-refractivity contribution < 1.29 is 4.74 Å². The standard InChI is InChI=1S/C14H14Br2N2O/c1-9-3-4-10(7-17-9)8-18-13-6-14(19-2)12(16)5-11(13)15/h3-7,18H,8H2,1-2H3. The van der Waals surface area contributed by atoms with E-state index in [1.807, 2.05) is 31.3 Å². The molecule has 3 nitrogen and oxygen atoms in total. The third-order valence-corrected chi connectivity index (χ3v) is 3.97. The number of halogens is 2. The number of pyridine rings is 1. The molecule has 2 aromatic rings. The maximum Gasteiger partial charge on any atom is 0.135 e. The quantitative estimate of drug-likeness (QED) is 0.839. The number of nitrogens with one attached hydrogen (secondary N) is 1. The van der Waals surface area contributed by atoms with Crippen LogP contribution < -0.4 is 10.1 Å². The van der Waals surface area contributed by atoms with Gasteiger partial charge in [0.15, 0.2) is 0 Å². The fourth-order valence-electron chi connectivity index (χ4n) is 1.62. The topological polar surface area (TPSA) is 34.1 Å². The van der Waals surface area contributed by atoms with Crippen LogP contribution in [0.25, 0.3) is 0 Å². The molecule has 0 atom stereocenters. The molecule has 0 unspecified atom stereocenters. The van der Waals surface area contributed by atoms with Gasteiger partial charge in [0.25, 0.3) is 0 Å². The van der Waals surface area contributed by atoms with Crippen molar-refractivity contribution in [1.82, 2.24) is 4.98 Å². The molecule has 19 heavy (non-hydrogen) atoms. The van der Waals surface area contributed by atoms with E-state index in [-0.39, 0.29) is 0 Å². The monoisotopic (exact) mass is 384 g/mol. The molecule has 1 aromatic carbocycles. The van der Waals surface area contributed by atoms with Crippen LogP contribution >= 0.6 is 31.9 Å². The van der Waals surface area contributed by atoms with Crippen molar-refractivity contribution in [2.45, 2.75) is 13.5 Å². The average Bonchev–Trinajstić information content (AvgIpc) is 2.40. The van der Waals surface area contributed by atoms with Crippen molar-refractivity contribution in [2.24, 2.45) is 0 Å². The van der Waals surface area contributed by atoms with Crippen LogP contribution in [0.15, 0.2) is 39.4 Å². The zero-order valence-electron chi connectivity index (χ0n) is 10.7. The molecule has 5 heteroatoms. The Morgan fingerprint density at radius 2 is 2.00 bits per heavy atom. The van der Waals surface area contributed by atoms with Crippen LogP contribution in [0.5, 0.6) is 5.75 Å². The normalized spacial score (nSPS) is 10.3. The smallest absolute Gasteiger partial charge is 0.135 e. The van der Waals surface area contributed by atoms with E-state index in [1.165, 1.54) is 0 Å². The lowest BCUT2D eigenvalue weighted by Gasteiger charge is -2.12. The number of aryl methyl sites for hydroxylation is 1. The van der Waals surface area contributed by atoms with Crippen molar-refractivity contribution in [3.05, 3.63) is 50.7 Å². The van der Waals surface area contributed by atoms with Crippen LogP contribution in [0.2, 0.25) is 0 Å². The average molecular weight is 386 g/mol. The molecule has 0 spiro atoms. The summed E-state index contributed by atoms with van der Waals surface area (Å²) in [4.78, 5) is 4.28. The zero-order valence-corrected chi connectivity index (χ0v) is 13.9. The summed E-state index contributed by atoms with van der Waals surface area (Å²) in [5.41, 5.74) is 3.15. The molecule has 0 aliphatic rings. The van der Waals surface area contributed by atoms with Crippen molar-refractivity contribution in [2.75, 3.05) is 12.4 Å². The maximum absolute atomic E-state index is 5.29. The van der Waals surface area contributed by atoms with E-state index in [9.17, 15) is 0 Å². The summed E-state index contributed by atoms with van der Waals surface area (Å²) in [5, 5.41) is 3.36. The number of methoxy groups -OCH3 is 1. The highest BCUT2D eigenvalue weighted by Gasteiger charge is 2.07. The van der Waals surface area contributed by atoms with Gasteiger partial charge in [0.1, 0.15) is 5.75 Å². The van der Waals surface area contributed by atoms with Gasteiger partial charge in [-0.3, -0.25) is 4.98 Å². The molecule has 1 N–H and O–H groups in total. The third-order valence-electron chi connectivity index (χ3n) is 2.70. The van der Waals surface area contributed by atoms with Crippen molar-refractivity contribution >= 4 is 37.5 Å². The summed E-state index contributed by atoms with van der Waals surface area (Å²) >= 11 is 6.98. The molecule has 0 amide bonds. The molecule has 0 fully saturated rings. The highest BCUT2D eigenvalue weighted by molar-refractivity contribution is 9.11. The SMILES string of the molecule is COc1cc(NCc2ccc(C)nc2)c(Br)cc1Br. The van der Waals surface area contributed by atoms with E-state index in [0.29, 0.717) is 0 Å². The predicted molar refractivity (Wildman–Crippen MR) is 84.7 cm³/mol. The minimum atomic E-state index is 0.719. The molecule has 1 heterocycles. The first kappa shape index (κ1) is 14.3. The van der Waals surface area contributed by atoms with Crippen LogP contribution in [-0.4, -0.2) is 12.1 Å². The first-order valence-corrected chi connectivity index (χ1v) is 7.37. The number of ether oxygens (including phenoxy) is 1. The maximum atomic E-state index is 5.29. The Morgan fingerprint density at radius 1 is 1.21 bits per heavy atom. The van der Waals surface area contributed by atoms with Gasteiger partial charge in [-0.05, 0) is 56.5 Å². The van der Waals surface area contributed by atoms with Crippen LogP contribution in [-0.2, 0) is 6.54 Å². The van der Waals surface area contributed by atoms with Gasteiger partial charge in [-0.2, -0.15) is 0 Å². The summed E-state index contributed by atoms with van der Waals surface area (Å²) in [6.45, 7) is 2.70. The van der Waals surface area contributed by atoms with Crippen LogP contribution in [0.4, 0.5) is 5.69 Å². The number of rotatable bonds is 4. The van der Waals surface area contributed by atoms with Crippen LogP contribution in [0, 0.1) is 6.92 Å². The van der Waals surface area contributed by atoms with Gasteiger partial charge >= 0.3 is 0 Å². The molecular weight excluding hydrogens is 372 g/mol. The highest BCUT2D eigenvalue weighted by Crippen LogP contribution is 2.34. The lowest BCUT2D eigenvalue weighted by atomic mass is 10.2. The summed E-state index contributed by atoms with van der Waals surface area (Å²) in [5.74, 6) is 0.799. The molecule has 0 aliphatic heterocycles. The highest BCUT2D eigenvalue weighted by atomic mass is 79.9. The Morgan fingerprint density at radius 3 is 2.63 bits per heavy atom. The second-order valence-corrected chi connectivity index (χ2v) is 5.84. The van der Waals surface area contributed by atoms with E-state index >= 15 is 0 Å². The molecule has 0 bridgehead atoms. The van der Waals surface area contributed by atoms with Gasteiger partial charge < -0.3 is 10.1 Å². The van der Waals surface area contributed by atoms with Crippen molar-refractivity contribution in [3.8, 4) is 5.75 Å². The Kier molecular flexibility index (Phi) is 4.82. The Bertz CT molecular complexity index is 570. The number of nitrogens with zero attached hydrogens (tertiary/aromatic N) is 1. The largest absolute Gasteiger partial charge is 0.495 e. The van der Waals surface area contributed by atoms with Gasteiger partial charge in [-0.1, -0.05) is 6.07 Å². The third kappa shape index (κ3) is 3.70. The number of hydrogen-bond donors (Lipinski definition) is 1. The summed E-state index contributed by atoms with van der Waals surface area (Å²) in [7, 11) is 1.65. The predicted octanol–water partition coefficient (Wildman–Crippen LogP) is 4.54. The number of hydrogen-bond acceptors (Lipinski definition) is 3. The lowest BCUT2D eigenvalue weighted by Crippen LogP contribution is -2.01. The van der Waals surface area contributed by atoms with Gasteiger partial charge in [0, 0.05) is 29.0 Å². The number of benzene rings is 1. The van der Waals surface area contributed by atoms with Gasteiger partial charge in [-0.15, -0.1) is 0 Å². The lowest BCUT2D eigenvalue weighted by molar-refractivity contribution is 0.412. The Hall–Kier alpha value is -1.07. The van der Waals surface area contributed by atoms with E-state index < -0.39 is 0 Å². The minimum absolute atomic E-state index is 0.719. The second-order valence-electron chi connectivity index (χ2n) is 4.13. The Balaban J connectivity index is 2.13. The summed E-state index contributed by atoms with van der Waals surface area (Å²) in [6.07, 6.45) is 1.88. The summed E-state index contributed by atoms with van der Waals surface area (Å²) in [6, 6.07) is 8.00. The van der Waals surface area contributed by atoms with E-state index in [4.69, 9.17) is 4.74 Å². The molecule has 0 aliphatic carbocycles. The number of aromatic nitrogens is 1. The van der Waals surface area contributed by atoms with Crippen molar-refractivity contribution in [3.63, 3.8) is 0 Å². The van der Waals surface area contributed by atoms with Crippen LogP contribution in [0.3, 0.4) is 0 Å². The molecule has 100 valence electrons. The fraction of sp³-hybridized carbons (Fsp3) is 0.214. The Labute approximate surface area is 129 Å². The van der Waals surface area contributed by atoms with Gasteiger partial charge in [0.2, 0.25) is 0 Å². The number of anilines is 1. The molecule has 0 saturated heterocycles. The van der Waals surface area contributed by atoms with E-state index in [1.54, 1.807) is 7.11 Å². The van der Waals surface area contributed by atoms with Crippen molar-refractivity contribution in [1.29, 1.82) is 0 Å². The molecule has 1 aromatic heterocycles. The molecule has 0 radical (unpaired) electrons. The minimum Gasteiger partial charge on any atom is -0.495 e. The summed E-state index contributed by atoms with van der Waals surface area (Å²) < 4.78 is 7.20.